The van der Waals surface area contributed by atoms with Crippen molar-refractivity contribution in [3.05, 3.63) is 115 Å². The molecule has 0 saturated carbocycles. The number of aromatic nitrogens is 2. The number of pyridine rings is 2. The Bertz CT molecular complexity index is 2080. The van der Waals surface area contributed by atoms with Crippen LogP contribution in [0.4, 0.5) is 0 Å². The Hall–Kier alpha value is -5.02. The van der Waals surface area contributed by atoms with E-state index in [2.05, 4.69) is 20.6 Å². The SMILES string of the molecule is CC(C)CN(C[C@@H](O)[C@H](Cc1ccccc1)NC(=O)[C@H](CC(N)=O)NC(=O)c1ccc2ccccc2n1)S(=O)(=O)c1ccc(-c2ccccn2)s1. The molecule has 0 bridgehead atoms. The van der Waals surface area contributed by atoms with E-state index in [9.17, 15) is 27.9 Å². The van der Waals surface area contributed by atoms with Crippen molar-refractivity contribution in [1.29, 1.82) is 0 Å². The summed E-state index contributed by atoms with van der Waals surface area (Å²) in [6.45, 7) is 3.49. The Morgan fingerprint density at radius 2 is 1.61 bits per heavy atom. The van der Waals surface area contributed by atoms with Gasteiger partial charge >= 0.3 is 0 Å². The van der Waals surface area contributed by atoms with Gasteiger partial charge in [-0.3, -0.25) is 19.4 Å². The normalized spacial score (nSPS) is 13.5. The minimum absolute atomic E-state index is 0.0335. The van der Waals surface area contributed by atoms with Gasteiger partial charge in [0.05, 0.1) is 34.7 Å². The molecule has 12 nitrogen and oxygen atoms in total. The first kappa shape index (κ1) is 37.2. The molecule has 266 valence electrons. The summed E-state index contributed by atoms with van der Waals surface area (Å²) >= 11 is 1.08. The Morgan fingerprint density at radius 3 is 2.31 bits per heavy atom. The van der Waals surface area contributed by atoms with Crippen LogP contribution in [0.2, 0.25) is 0 Å². The molecule has 3 atom stereocenters. The third kappa shape index (κ3) is 9.82. The lowest BCUT2D eigenvalue weighted by molar-refractivity contribution is -0.128. The Kier molecular flexibility index (Phi) is 12.3. The van der Waals surface area contributed by atoms with Gasteiger partial charge in [0.25, 0.3) is 15.9 Å². The number of rotatable bonds is 16. The van der Waals surface area contributed by atoms with E-state index in [4.69, 9.17) is 5.73 Å². The summed E-state index contributed by atoms with van der Waals surface area (Å²) in [7, 11) is -4.08. The van der Waals surface area contributed by atoms with Crippen molar-refractivity contribution >= 4 is 50.0 Å². The Morgan fingerprint density at radius 1 is 0.882 bits per heavy atom. The van der Waals surface area contributed by atoms with Crippen molar-refractivity contribution in [1.82, 2.24) is 24.9 Å². The molecule has 5 rings (SSSR count). The van der Waals surface area contributed by atoms with Gasteiger partial charge in [0.15, 0.2) is 0 Å². The number of fused-ring (bicyclic) bond motifs is 1. The number of amides is 3. The molecule has 3 aromatic heterocycles. The van der Waals surface area contributed by atoms with E-state index in [0.29, 0.717) is 16.1 Å². The van der Waals surface area contributed by atoms with Gasteiger partial charge in [-0.15, -0.1) is 11.3 Å². The molecule has 0 unspecified atom stereocenters. The number of benzene rings is 2. The van der Waals surface area contributed by atoms with Crippen LogP contribution in [-0.2, 0) is 26.0 Å². The molecule has 3 amide bonds. The molecule has 2 aromatic carbocycles. The van der Waals surface area contributed by atoms with Gasteiger partial charge in [-0.05, 0) is 54.3 Å². The highest BCUT2D eigenvalue weighted by Crippen LogP contribution is 2.32. The van der Waals surface area contributed by atoms with Crippen LogP contribution in [0.3, 0.4) is 0 Å². The molecule has 0 aliphatic rings. The van der Waals surface area contributed by atoms with E-state index >= 15 is 0 Å². The number of aliphatic hydroxyl groups is 1. The van der Waals surface area contributed by atoms with Gasteiger partial charge in [-0.1, -0.05) is 74.5 Å². The monoisotopic (exact) mass is 728 g/mol. The lowest BCUT2D eigenvalue weighted by atomic mass is 10.00. The van der Waals surface area contributed by atoms with Crippen LogP contribution < -0.4 is 16.4 Å². The van der Waals surface area contributed by atoms with Gasteiger partial charge in [-0.2, -0.15) is 4.31 Å². The molecule has 0 fully saturated rings. The summed E-state index contributed by atoms with van der Waals surface area (Å²) < 4.78 is 29.4. The van der Waals surface area contributed by atoms with Gasteiger partial charge < -0.3 is 21.5 Å². The average molecular weight is 729 g/mol. The topological polar surface area (TPSA) is 185 Å². The van der Waals surface area contributed by atoms with Crippen LogP contribution in [0.5, 0.6) is 0 Å². The fourth-order valence-corrected chi connectivity index (χ4v) is 8.57. The number of sulfonamides is 1. The summed E-state index contributed by atoms with van der Waals surface area (Å²) in [5.41, 5.74) is 7.48. The lowest BCUT2D eigenvalue weighted by Gasteiger charge is -2.31. The van der Waals surface area contributed by atoms with E-state index in [-0.39, 0.29) is 35.3 Å². The highest BCUT2D eigenvalue weighted by Gasteiger charge is 2.34. The number of carbonyl (C=O) groups excluding carboxylic acids is 3. The number of hydrogen-bond acceptors (Lipinski definition) is 9. The third-order valence-corrected chi connectivity index (χ3v) is 11.4. The standard InChI is InChI=1S/C37H40N6O6S2/c1-24(2)22-43(51(48,49)35-18-17-33(50-35)28-14-8-9-19-39-28)23-32(44)30(20-25-10-4-3-5-11-25)41-37(47)31(21-34(38)45)42-36(46)29-16-15-26-12-6-7-13-27(26)40-29/h3-19,24,30-32,44H,20-23H2,1-2H3,(H2,38,45)(H,41,47)(H,42,46)/t30-,31-,32+/m0/s1. The molecular weight excluding hydrogens is 689 g/mol. The minimum atomic E-state index is -4.08. The van der Waals surface area contributed by atoms with Gasteiger partial charge in [0, 0.05) is 24.7 Å². The van der Waals surface area contributed by atoms with Gasteiger partial charge in [-0.25, -0.2) is 13.4 Å². The molecule has 0 radical (unpaired) electrons. The molecule has 14 heteroatoms. The second-order valence-corrected chi connectivity index (χ2v) is 15.8. The zero-order valence-electron chi connectivity index (χ0n) is 28.2. The number of carbonyl (C=O) groups is 3. The highest BCUT2D eigenvalue weighted by atomic mass is 32.2. The van der Waals surface area contributed by atoms with Crippen LogP contribution in [0.25, 0.3) is 21.5 Å². The molecule has 5 N–H and O–H groups in total. The quantitative estimate of drug-likeness (QED) is 0.118. The van der Waals surface area contributed by atoms with Crippen LogP contribution in [0.1, 0.15) is 36.3 Å². The molecule has 0 saturated heterocycles. The predicted octanol–water partition coefficient (Wildman–Crippen LogP) is 3.77. The predicted molar refractivity (Wildman–Crippen MR) is 196 cm³/mol. The van der Waals surface area contributed by atoms with E-state index in [0.717, 1.165) is 22.3 Å². The number of hydrogen-bond donors (Lipinski definition) is 4. The minimum Gasteiger partial charge on any atom is -0.390 e. The smallest absolute Gasteiger partial charge is 0.270 e. The molecule has 0 aliphatic heterocycles. The second kappa shape index (κ2) is 16.8. The largest absolute Gasteiger partial charge is 0.390 e. The lowest BCUT2D eigenvalue weighted by Crippen LogP contribution is -2.56. The van der Waals surface area contributed by atoms with Gasteiger partial charge in [0.1, 0.15) is 15.9 Å². The summed E-state index contributed by atoms with van der Waals surface area (Å²) in [4.78, 5) is 48.4. The van der Waals surface area contributed by atoms with E-state index in [1.54, 1.807) is 54.7 Å². The molecule has 5 aromatic rings. The van der Waals surface area contributed by atoms with Crippen molar-refractivity contribution in [2.75, 3.05) is 13.1 Å². The van der Waals surface area contributed by atoms with Crippen LogP contribution in [0, 0.1) is 5.92 Å². The van der Waals surface area contributed by atoms with Crippen molar-refractivity contribution in [2.45, 2.75) is 49.1 Å². The highest BCUT2D eigenvalue weighted by molar-refractivity contribution is 7.91. The fraction of sp³-hybridized carbons (Fsp3) is 0.270. The number of nitrogens with zero attached hydrogens (tertiary/aromatic N) is 3. The molecule has 51 heavy (non-hydrogen) atoms. The number of primary amides is 1. The summed E-state index contributed by atoms with van der Waals surface area (Å²) in [5.74, 6) is -2.41. The maximum absolute atomic E-state index is 14.0. The van der Waals surface area contributed by atoms with E-state index < -0.39 is 52.4 Å². The molecular formula is C37H40N6O6S2. The summed E-state index contributed by atoms with van der Waals surface area (Å²) in [6.07, 6.45) is -0.171. The van der Waals surface area contributed by atoms with Crippen molar-refractivity contribution in [3.63, 3.8) is 0 Å². The summed E-state index contributed by atoms with van der Waals surface area (Å²) in [6, 6.07) is 25.7. The van der Waals surface area contributed by atoms with Crippen molar-refractivity contribution < 1.29 is 27.9 Å². The van der Waals surface area contributed by atoms with Crippen molar-refractivity contribution in [2.24, 2.45) is 11.7 Å². The average Bonchev–Trinajstić information content (AvgIpc) is 3.63. The number of thiophene rings is 1. The zero-order valence-corrected chi connectivity index (χ0v) is 29.8. The second-order valence-electron chi connectivity index (χ2n) is 12.5. The summed E-state index contributed by atoms with van der Waals surface area (Å²) in [5, 5.41) is 17.9. The van der Waals surface area contributed by atoms with E-state index in [1.165, 1.54) is 16.4 Å². The molecule has 0 spiro atoms. The fourth-order valence-electron chi connectivity index (χ4n) is 5.52. The molecule has 0 aliphatic carbocycles. The maximum atomic E-state index is 14.0. The number of nitrogens with two attached hydrogens (primary N) is 1. The number of aliphatic hydroxyl groups excluding tert-OH is 1. The van der Waals surface area contributed by atoms with Crippen LogP contribution in [-0.4, -0.2) is 76.8 Å². The molecule has 3 heterocycles. The first-order valence-electron chi connectivity index (χ1n) is 16.4. The van der Waals surface area contributed by atoms with Crippen LogP contribution >= 0.6 is 11.3 Å². The Balaban J connectivity index is 1.39. The first-order chi connectivity index (χ1) is 24.4. The number of nitrogens with one attached hydrogen (secondary N) is 2. The zero-order chi connectivity index (χ0) is 36.5. The maximum Gasteiger partial charge on any atom is 0.270 e. The van der Waals surface area contributed by atoms with Crippen LogP contribution in [0.15, 0.2) is 107 Å². The third-order valence-electron chi connectivity index (χ3n) is 8.00. The van der Waals surface area contributed by atoms with Gasteiger partial charge in [0.2, 0.25) is 11.8 Å². The Labute approximate surface area is 300 Å². The number of para-hydroxylation sites is 1. The van der Waals surface area contributed by atoms with E-state index in [1.807, 2.05) is 50.2 Å². The van der Waals surface area contributed by atoms with Crippen molar-refractivity contribution in [3.8, 4) is 10.6 Å². The first-order valence-corrected chi connectivity index (χ1v) is 18.6.